The fourth-order valence-electron chi connectivity index (χ4n) is 2.09. The Morgan fingerprint density at radius 3 is 2.29 bits per heavy atom. The van der Waals surface area contributed by atoms with Gasteiger partial charge in [0.05, 0.1) is 0 Å². The van der Waals surface area contributed by atoms with E-state index < -0.39 is 0 Å². The molecule has 2 heterocycles. The molecule has 1 aliphatic heterocycles. The quantitative estimate of drug-likeness (QED) is 0.901. The maximum atomic E-state index is 12.1. The van der Waals surface area contributed by atoms with Crippen molar-refractivity contribution >= 4 is 12.0 Å². The van der Waals surface area contributed by atoms with Gasteiger partial charge in [0, 0.05) is 37.6 Å². The molecule has 7 heteroatoms. The number of hydrogen-bond acceptors (Lipinski definition) is 5. The van der Waals surface area contributed by atoms with Crippen molar-refractivity contribution in [1.29, 1.82) is 0 Å². The third-order valence-corrected chi connectivity index (χ3v) is 3.24. The average molecular weight is 295 g/mol. The van der Waals surface area contributed by atoms with Crippen LogP contribution in [0.4, 0.5) is 10.8 Å². The van der Waals surface area contributed by atoms with E-state index in [-0.39, 0.29) is 17.5 Å². The van der Waals surface area contributed by atoms with Crippen molar-refractivity contribution in [3.8, 4) is 0 Å². The normalized spacial score (nSPS) is 16.5. The predicted molar refractivity (Wildman–Crippen MR) is 80.5 cm³/mol. The summed E-state index contributed by atoms with van der Waals surface area (Å²) in [6.45, 7) is 12.7. The molecule has 0 spiro atoms. The Morgan fingerprint density at radius 2 is 1.81 bits per heavy atom. The van der Waals surface area contributed by atoms with Gasteiger partial charge in [0.15, 0.2) is 0 Å². The highest BCUT2D eigenvalue weighted by molar-refractivity contribution is 5.75. The maximum Gasteiger partial charge on any atom is 0.318 e. The van der Waals surface area contributed by atoms with Gasteiger partial charge < -0.3 is 19.5 Å². The Balaban J connectivity index is 1.89. The van der Waals surface area contributed by atoms with Crippen LogP contribution in [-0.2, 0) is 0 Å². The summed E-state index contributed by atoms with van der Waals surface area (Å²) >= 11 is 0. The van der Waals surface area contributed by atoms with Crippen LogP contribution in [0, 0.1) is 0 Å². The second kappa shape index (κ2) is 5.91. The van der Waals surface area contributed by atoms with E-state index in [2.05, 4.69) is 15.5 Å². The summed E-state index contributed by atoms with van der Waals surface area (Å²) in [7, 11) is 0. The van der Waals surface area contributed by atoms with Crippen molar-refractivity contribution in [1.82, 2.24) is 20.4 Å². The molecule has 0 radical (unpaired) electrons. The predicted octanol–water partition coefficient (Wildman–Crippen LogP) is 1.82. The van der Waals surface area contributed by atoms with Gasteiger partial charge in [0.25, 0.3) is 0 Å². The first kappa shape index (κ1) is 15.6. The minimum absolute atomic E-state index is 0.0180. The summed E-state index contributed by atoms with van der Waals surface area (Å²) in [6, 6.07) is 0.533. The lowest BCUT2D eigenvalue weighted by molar-refractivity contribution is 0.184. The first-order valence-corrected chi connectivity index (χ1v) is 7.42. The van der Waals surface area contributed by atoms with Crippen LogP contribution in [0.2, 0.25) is 0 Å². The average Bonchev–Trinajstić information content (AvgIpc) is 2.86. The molecule has 1 aliphatic rings. The first-order chi connectivity index (χ1) is 9.76. The molecular formula is C14H25N5O2. The number of carbonyl (C=O) groups excluding carboxylic acids is 1. The van der Waals surface area contributed by atoms with E-state index in [4.69, 9.17) is 4.42 Å². The number of rotatable bonds is 2. The largest absolute Gasteiger partial charge is 0.408 e. The van der Waals surface area contributed by atoms with Crippen molar-refractivity contribution in [2.75, 3.05) is 31.1 Å². The topological polar surface area (TPSA) is 74.5 Å². The van der Waals surface area contributed by atoms with Gasteiger partial charge in [-0.05, 0) is 20.8 Å². The minimum Gasteiger partial charge on any atom is -0.408 e. The van der Waals surface area contributed by atoms with Gasteiger partial charge in [-0.1, -0.05) is 18.9 Å². The number of piperazine rings is 1. The van der Waals surface area contributed by atoms with E-state index in [9.17, 15) is 4.79 Å². The molecule has 2 amide bonds. The lowest BCUT2D eigenvalue weighted by Crippen LogP contribution is -2.55. The van der Waals surface area contributed by atoms with Crippen LogP contribution in [0.15, 0.2) is 4.42 Å². The Bertz CT molecular complexity index is 484. The van der Waals surface area contributed by atoms with Crippen LogP contribution in [0.3, 0.4) is 0 Å². The molecule has 0 atom stereocenters. The highest BCUT2D eigenvalue weighted by Gasteiger charge is 2.26. The molecule has 2 rings (SSSR count). The number of anilines is 1. The summed E-state index contributed by atoms with van der Waals surface area (Å²) in [4.78, 5) is 15.9. The van der Waals surface area contributed by atoms with Crippen LogP contribution < -0.4 is 10.2 Å². The SMILES string of the molecule is CC(C)c1nnc(N2CCN(C(=O)NC(C)(C)C)CC2)o1. The highest BCUT2D eigenvalue weighted by atomic mass is 16.4. The van der Waals surface area contributed by atoms with Crippen molar-refractivity contribution in [3.05, 3.63) is 5.89 Å². The monoisotopic (exact) mass is 295 g/mol. The van der Waals surface area contributed by atoms with Gasteiger partial charge in [0.1, 0.15) is 0 Å². The molecule has 0 saturated carbocycles. The number of hydrogen-bond donors (Lipinski definition) is 1. The molecule has 1 fully saturated rings. The Labute approximate surface area is 125 Å². The molecular weight excluding hydrogens is 270 g/mol. The van der Waals surface area contributed by atoms with Crippen molar-refractivity contribution in [2.24, 2.45) is 0 Å². The van der Waals surface area contributed by atoms with Gasteiger partial charge in [-0.15, -0.1) is 5.10 Å². The molecule has 7 nitrogen and oxygen atoms in total. The molecule has 0 bridgehead atoms. The second-order valence-electron chi connectivity index (χ2n) is 6.73. The van der Waals surface area contributed by atoms with Gasteiger partial charge in [-0.2, -0.15) is 0 Å². The molecule has 1 aromatic heterocycles. The van der Waals surface area contributed by atoms with Gasteiger partial charge in [-0.25, -0.2) is 4.79 Å². The Kier molecular flexibility index (Phi) is 4.39. The molecule has 1 N–H and O–H groups in total. The number of aromatic nitrogens is 2. The standard InChI is InChI=1S/C14H25N5O2/c1-10(2)11-16-17-13(21-11)19-8-6-18(7-9-19)12(20)15-14(3,4)5/h10H,6-9H2,1-5H3,(H,15,20). The van der Waals surface area contributed by atoms with Crippen molar-refractivity contribution in [2.45, 2.75) is 46.1 Å². The zero-order valence-electron chi connectivity index (χ0n) is 13.5. The van der Waals surface area contributed by atoms with Crippen LogP contribution in [0.5, 0.6) is 0 Å². The summed E-state index contributed by atoms with van der Waals surface area (Å²) in [5.74, 6) is 0.878. The number of amides is 2. The van der Waals surface area contributed by atoms with Gasteiger partial charge >= 0.3 is 12.0 Å². The van der Waals surface area contributed by atoms with E-state index in [0.29, 0.717) is 38.1 Å². The summed E-state index contributed by atoms with van der Waals surface area (Å²) in [5, 5.41) is 11.1. The van der Waals surface area contributed by atoms with E-state index >= 15 is 0 Å². The molecule has 21 heavy (non-hydrogen) atoms. The van der Waals surface area contributed by atoms with Crippen LogP contribution in [0.25, 0.3) is 0 Å². The van der Waals surface area contributed by atoms with Gasteiger partial charge in [0.2, 0.25) is 5.89 Å². The van der Waals surface area contributed by atoms with Crippen molar-refractivity contribution in [3.63, 3.8) is 0 Å². The zero-order chi connectivity index (χ0) is 15.6. The number of urea groups is 1. The molecule has 1 saturated heterocycles. The summed E-state index contributed by atoms with van der Waals surface area (Å²) in [6.07, 6.45) is 0. The Morgan fingerprint density at radius 1 is 1.19 bits per heavy atom. The van der Waals surface area contributed by atoms with Crippen molar-refractivity contribution < 1.29 is 9.21 Å². The fourth-order valence-corrected chi connectivity index (χ4v) is 2.09. The lowest BCUT2D eigenvalue weighted by Gasteiger charge is -2.35. The van der Waals surface area contributed by atoms with Crippen LogP contribution in [-0.4, -0.2) is 52.8 Å². The van der Waals surface area contributed by atoms with E-state index in [1.54, 1.807) is 0 Å². The first-order valence-electron chi connectivity index (χ1n) is 7.42. The van der Waals surface area contributed by atoms with E-state index in [1.807, 2.05) is 44.4 Å². The smallest absolute Gasteiger partial charge is 0.318 e. The molecule has 0 unspecified atom stereocenters. The maximum absolute atomic E-state index is 12.1. The highest BCUT2D eigenvalue weighted by Crippen LogP contribution is 2.19. The third-order valence-electron chi connectivity index (χ3n) is 3.24. The number of nitrogens with one attached hydrogen (secondary N) is 1. The van der Waals surface area contributed by atoms with Crippen LogP contribution in [0.1, 0.15) is 46.4 Å². The summed E-state index contributed by atoms with van der Waals surface area (Å²) < 4.78 is 5.65. The van der Waals surface area contributed by atoms with E-state index in [1.165, 1.54) is 0 Å². The second-order valence-corrected chi connectivity index (χ2v) is 6.73. The van der Waals surface area contributed by atoms with Gasteiger partial charge in [-0.3, -0.25) is 0 Å². The van der Waals surface area contributed by atoms with E-state index in [0.717, 1.165) is 0 Å². The minimum atomic E-state index is -0.215. The Hall–Kier alpha value is -1.79. The molecule has 0 aromatic carbocycles. The third kappa shape index (κ3) is 4.09. The molecule has 0 aliphatic carbocycles. The fraction of sp³-hybridized carbons (Fsp3) is 0.786. The molecule has 1 aromatic rings. The van der Waals surface area contributed by atoms with Crippen LogP contribution >= 0.6 is 0 Å². The summed E-state index contributed by atoms with van der Waals surface area (Å²) in [5.41, 5.74) is -0.215. The molecule has 118 valence electrons. The zero-order valence-corrected chi connectivity index (χ0v) is 13.5. The number of carbonyl (C=O) groups is 1. The number of nitrogens with zero attached hydrogens (tertiary/aromatic N) is 4. The lowest BCUT2D eigenvalue weighted by atomic mass is 10.1.